The van der Waals surface area contributed by atoms with Crippen molar-refractivity contribution in [2.75, 3.05) is 6.61 Å². The van der Waals surface area contributed by atoms with Crippen LogP contribution in [-0.2, 0) is 14.3 Å². The Kier molecular flexibility index (Phi) is 7.96. The van der Waals surface area contributed by atoms with E-state index in [0.717, 1.165) is 6.08 Å². The molecular weight excluding hydrogens is 509 g/mol. The molecule has 0 saturated heterocycles. The van der Waals surface area contributed by atoms with Crippen molar-refractivity contribution in [3.05, 3.63) is 71.3 Å². The van der Waals surface area contributed by atoms with Gasteiger partial charge in [0.15, 0.2) is 0 Å². The summed E-state index contributed by atoms with van der Waals surface area (Å²) in [6, 6.07) is 17.1. The molecule has 192 valence electrons. The molecule has 1 fully saturated rings. The van der Waals surface area contributed by atoms with Crippen molar-refractivity contribution in [1.82, 2.24) is 0 Å². The van der Waals surface area contributed by atoms with E-state index in [0.29, 0.717) is 17.1 Å². The van der Waals surface area contributed by atoms with Gasteiger partial charge >= 0.3 is 18.3 Å². The van der Waals surface area contributed by atoms with Crippen molar-refractivity contribution in [3.8, 4) is 17.6 Å². The molecule has 1 saturated carbocycles. The molecule has 2 aromatic carbocycles. The molecule has 3 atom stereocenters. The van der Waals surface area contributed by atoms with Gasteiger partial charge in [-0.1, -0.05) is 61.9 Å². The number of esters is 1. The zero-order valence-corrected chi connectivity index (χ0v) is 19.8. The van der Waals surface area contributed by atoms with Crippen LogP contribution in [0.3, 0.4) is 0 Å². The molecule has 0 radical (unpaired) electrons. The molecule has 0 heterocycles. The number of allylic oxidation sites excluding steroid dienone is 1. The Morgan fingerprint density at radius 2 is 1.75 bits per heavy atom. The molecule has 1 aliphatic rings. The molecule has 3 rings (SSSR count). The van der Waals surface area contributed by atoms with Crippen molar-refractivity contribution >= 4 is 17.6 Å². The maximum absolute atomic E-state index is 13.9. The van der Waals surface area contributed by atoms with Crippen LogP contribution in [0, 0.1) is 28.6 Å². The van der Waals surface area contributed by atoms with E-state index >= 15 is 0 Å². The van der Waals surface area contributed by atoms with E-state index in [-0.39, 0.29) is 0 Å². The van der Waals surface area contributed by atoms with E-state index in [1.807, 2.05) is 12.1 Å². The van der Waals surface area contributed by atoms with Crippen LogP contribution in [0.4, 0.5) is 22.0 Å². The molecule has 2 aromatic rings. The molecule has 0 spiro atoms. The number of hydrogen-bond donors (Lipinski definition) is 0. The fourth-order valence-electron chi connectivity index (χ4n) is 3.66. The first-order valence-corrected chi connectivity index (χ1v) is 11.0. The minimum Gasteiger partial charge on any atom is -0.457 e. The number of rotatable bonds is 9. The highest BCUT2D eigenvalue weighted by atomic mass is 35.5. The number of hydrogen-bond acceptors (Lipinski definition) is 5. The largest absolute Gasteiger partial charge is 0.457 e. The third-order valence-electron chi connectivity index (χ3n) is 5.68. The van der Waals surface area contributed by atoms with Gasteiger partial charge in [-0.2, -0.15) is 27.2 Å². The van der Waals surface area contributed by atoms with Gasteiger partial charge in [-0.25, -0.2) is 0 Å². The molecule has 1 aliphatic carbocycles. The summed E-state index contributed by atoms with van der Waals surface area (Å²) in [4.78, 5) is 12.8. The van der Waals surface area contributed by atoms with Crippen LogP contribution in [0.5, 0.6) is 11.5 Å². The molecule has 0 amide bonds. The lowest BCUT2D eigenvalue weighted by molar-refractivity contribution is -0.267. The molecule has 11 heteroatoms. The Hall–Kier alpha value is -3.16. The number of halogens is 6. The molecule has 5 nitrogen and oxygen atoms in total. The van der Waals surface area contributed by atoms with Crippen LogP contribution in [0.25, 0.3) is 0 Å². The molecular formula is C25H21ClF5NO4. The summed E-state index contributed by atoms with van der Waals surface area (Å²) in [5, 5.41) is 8.30. The van der Waals surface area contributed by atoms with Crippen molar-refractivity contribution in [2.24, 2.45) is 17.3 Å². The Bertz CT molecular complexity index is 1160. The highest BCUT2D eigenvalue weighted by Crippen LogP contribution is 2.60. The van der Waals surface area contributed by atoms with Gasteiger partial charge in [0.25, 0.3) is 0 Å². The monoisotopic (exact) mass is 529 g/mol. The Balaban J connectivity index is 1.69. The number of ether oxygens (including phenoxy) is 3. The summed E-state index contributed by atoms with van der Waals surface area (Å²) in [5.74, 6) is -1.71. The predicted molar refractivity (Wildman–Crippen MR) is 119 cm³/mol. The third kappa shape index (κ3) is 6.74. The molecule has 0 bridgehead atoms. The number of nitriles is 1. The highest BCUT2D eigenvalue weighted by molar-refractivity contribution is 6.30. The quantitative estimate of drug-likeness (QED) is 0.255. The van der Waals surface area contributed by atoms with Crippen LogP contribution in [-0.4, -0.2) is 24.9 Å². The lowest BCUT2D eigenvalue weighted by Crippen LogP contribution is -2.28. The minimum absolute atomic E-state index is 0.329. The van der Waals surface area contributed by atoms with E-state index < -0.39 is 53.2 Å². The van der Waals surface area contributed by atoms with Gasteiger partial charge in [-0.05, 0) is 35.6 Å². The highest BCUT2D eigenvalue weighted by Gasteiger charge is 2.62. The standard InChI is InChI=1S/C25H21ClF5NO4/c1-23(2)18(12-20(26)25(30,31)34-14-24(27,28)29)21(23)22(33)36-19(13-32)15-7-6-10-17(11-15)35-16-8-4-3-5-9-16/h3-12,18-19,21H,14H2,1-2H3. The Morgan fingerprint density at radius 1 is 1.11 bits per heavy atom. The summed E-state index contributed by atoms with van der Waals surface area (Å²) < 4.78 is 79.2. The fraction of sp³-hybridized carbons (Fsp3) is 0.360. The van der Waals surface area contributed by atoms with E-state index in [2.05, 4.69) is 4.74 Å². The van der Waals surface area contributed by atoms with Crippen molar-refractivity contribution < 1.29 is 41.0 Å². The predicted octanol–water partition coefficient (Wildman–Crippen LogP) is 7.15. The third-order valence-corrected chi connectivity index (χ3v) is 6.02. The number of para-hydroxylation sites is 1. The number of carbonyl (C=O) groups is 1. The number of nitrogens with zero attached hydrogens (tertiary/aromatic N) is 1. The maximum atomic E-state index is 13.9. The van der Waals surface area contributed by atoms with Crippen LogP contribution in [0.15, 0.2) is 65.7 Å². The summed E-state index contributed by atoms with van der Waals surface area (Å²) in [5.41, 5.74) is -0.565. The number of carbonyl (C=O) groups excluding carboxylic acids is 1. The molecule has 0 aliphatic heterocycles. The van der Waals surface area contributed by atoms with Crippen LogP contribution in [0.1, 0.15) is 25.5 Å². The maximum Gasteiger partial charge on any atom is 0.412 e. The van der Waals surface area contributed by atoms with E-state index in [1.165, 1.54) is 6.07 Å². The van der Waals surface area contributed by atoms with E-state index in [9.17, 15) is 32.0 Å². The van der Waals surface area contributed by atoms with Gasteiger partial charge in [-0.3, -0.25) is 4.79 Å². The Labute approximate surface area is 209 Å². The second-order valence-corrected chi connectivity index (χ2v) is 9.10. The number of benzene rings is 2. The van der Waals surface area contributed by atoms with Gasteiger partial charge in [0.2, 0.25) is 6.10 Å². The van der Waals surface area contributed by atoms with Crippen molar-refractivity contribution in [1.29, 1.82) is 5.26 Å². The molecule has 0 aromatic heterocycles. The SMILES string of the molecule is CC1(C)C(C=C(Cl)C(F)(F)OCC(F)(F)F)C1C(=O)OC(C#N)c1cccc(Oc2ccccc2)c1. The Morgan fingerprint density at radius 3 is 2.36 bits per heavy atom. The van der Waals surface area contributed by atoms with Gasteiger partial charge in [0.05, 0.1) is 5.92 Å². The smallest absolute Gasteiger partial charge is 0.412 e. The van der Waals surface area contributed by atoms with Crippen molar-refractivity contribution in [3.63, 3.8) is 0 Å². The first-order chi connectivity index (χ1) is 16.7. The zero-order valence-electron chi connectivity index (χ0n) is 19.1. The zero-order chi connectivity index (χ0) is 26.7. The first-order valence-electron chi connectivity index (χ1n) is 10.6. The second kappa shape index (κ2) is 10.4. The van der Waals surface area contributed by atoms with Gasteiger partial charge in [0, 0.05) is 5.56 Å². The van der Waals surface area contributed by atoms with Crippen LogP contribution < -0.4 is 4.74 Å². The molecule has 0 N–H and O–H groups in total. The fourth-order valence-corrected chi connectivity index (χ4v) is 3.85. The summed E-state index contributed by atoms with van der Waals surface area (Å²) >= 11 is 5.55. The van der Waals surface area contributed by atoms with E-state index in [1.54, 1.807) is 56.3 Å². The summed E-state index contributed by atoms with van der Waals surface area (Å²) in [7, 11) is 0. The van der Waals surface area contributed by atoms with Crippen LogP contribution >= 0.6 is 11.6 Å². The first kappa shape index (κ1) is 27.4. The van der Waals surface area contributed by atoms with Crippen LogP contribution in [0.2, 0.25) is 0 Å². The lowest BCUT2D eigenvalue weighted by atomic mass is 10.1. The lowest BCUT2D eigenvalue weighted by Gasteiger charge is -2.17. The van der Waals surface area contributed by atoms with Gasteiger partial charge < -0.3 is 14.2 Å². The topological polar surface area (TPSA) is 68.5 Å². The van der Waals surface area contributed by atoms with E-state index in [4.69, 9.17) is 21.1 Å². The normalized spacial score (nSPS) is 20.2. The van der Waals surface area contributed by atoms with Gasteiger partial charge in [0.1, 0.15) is 29.2 Å². The average Bonchev–Trinajstić information content (AvgIpc) is 3.36. The van der Waals surface area contributed by atoms with Crippen molar-refractivity contribution in [2.45, 2.75) is 32.2 Å². The minimum atomic E-state index is -4.97. The number of alkyl halides is 5. The second-order valence-electron chi connectivity index (χ2n) is 8.69. The van der Waals surface area contributed by atoms with Gasteiger partial charge in [-0.15, -0.1) is 0 Å². The molecule has 3 unspecified atom stereocenters. The summed E-state index contributed by atoms with van der Waals surface area (Å²) in [6.45, 7) is 0.962. The molecule has 36 heavy (non-hydrogen) atoms. The average molecular weight is 530 g/mol. The summed E-state index contributed by atoms with van der Waals surface area (Å²) in [6.07, 6.45) is -9.88.